The number of nitrogens with two attached hydrogens (primary N) is 1. The molecular weight excluding hydrogens is 287 g/mol. The van der Waals surface area contributed by atoms with Gasteiger partial charge in [0.15, 0.2) is 0 Å². The zero-order valence-electron chi connectivity index (χ0n) is 9.73. The average Bonchev–Trinajstić information content (AvgIpc) is 2.34. The molecule has 0 saturated heterocycles. The van der Waals surface area contributed by atoms with Gasteiger partial charge in [-0.05, 0) is 37.3 Å². The highest BCUT2D eigenvalue weighted by Gasteiger charge is 2.05. The van der Waals surface area contributed by atoms with Crippen molar-refractivity contribution in [3.63, 3.8) is 0 Å². The van der Waals surface area contributed by atoms with Crippen LogP contribution in [0.15, 0.2) is 46.3 Å². The molecule has 0 radical (unpaired) electrons. The van der Waals surface area contributed by atoms with Gasteiger partial charge in [-0.15, -0.1) is 0 Å². The van der Waals surface area contributed by atoms with E-state index in [-0.39, 0.29) is 6.04 Å². The van der Waals surface area contributed by atoms with Crippen molar-refractivity contribution in [2.75, 3.05) is 0 Å². The molecule has 1 atom stereocenters. The summed E-state index contributed by atoms with van der Waals surface area (Å²) in [6.45, 7) is 1.91. The van der Waals surface area contributed by atoms with E-state index in [4.69, 9.17) is 28.9 Å². The average molecular weight is 299 g/mol. The molecule has 0 saturated carbocycles. The second-order valence-electron chi connectivity index (χ2n) is 3.88. The summed E-state index contributed by atoms with van der Waals surface area (Å²) in [6, 6.07) is 9.24. The van der Waals surface area contributed by atoms with Crippen molar-refractivity contribution in [3.05, 3.63) is 52.3 Å². The third-order valence-corrected chi connectivity index (χ3v) is 4.06. The smallest absolute Gasteiger partial charge is 0.0569 e. The first kappa shape index (κ1) is 13.7. The van der Waals surface area contributed by atoms with Crippen LogP contribution >= 0.6 is 35.0 Å². The first-order chi connectivity index (χ1) is 8.56. The normalized spacial score (nSPS) is 12.4. The minimum atomic E-state index is -0.0567. The van der Waals surface area contributed by atoms with Crippen LogP contribution in [0.4, 0.5) is 0 Å². The standard InChI is InChI=1S/C13H12Cl2N2S/c1-8(16)12-5-3-10(7-17-12)18-13-6-9(14)2-4-11(13)15/h2-8H,16H2,1H3/t8-/m1/s1. The molecule has 0 bridgehead atoms. The molecule has 2 N–H and O–H groups in total. The van der Waals surface area contributed by atoms with Crippen molar-refractivity contribution < 1.29 is 0 Å². The Kier molecular flexibility index (Phi) is 4.51. The highest BCUT2D eigenvalue weighted by Crippen LogP contribution is 2.34. The molecule has 0 aliphatic carbocycles. The highest BCUT2D eigenvalue weighted by atomic mass is 35.5. The van der Waals surface area contributed by atoms with E-state index < -0.39 is 0 Å². The van der Waals surface area contributed by atoms with Gasteiger partial charge in [0.2, 0.25) is 0 Å². The van der Waals surface area contributed by atoms with Crippen LogP contribution in [-0.4, -0.2) is 4.98 Å². The van der Waals surface area contributed by atoms with Gasteiger partial charge in [-0.25, -0.2) is 0 Å². The first-order valence-corrected chi connectivity index (χ1v) is 6.98. The molecule has 1 aromatic carbocycles. The van der Waals surface area contributed by atoms with Crippen LogP contribution in [0.2, 0.25) is 10.0 Å². The number of benzene rings is 1. The van der Waals surface area contributed by atoms with E-state index in [1.807, 2.05) is 25.1 Å². The SMILES string of the molecule is C[C@@H](N)c1ccc(Sc2cc(Cl)ccc2Cl)cn1. The van der Waals surface area contributed by atoms with Crippen LogP contribution in [0.5, 0.6) is 0 Å². The maximum atomic E-state index is 6.11. The van der Waals surface area contributed by atoms with E-state index in [1.54, 1.807) is 18.3 Å². The van der Waals surface area contributed by atoms with E-state index >= 15 is 0 Å². The summed E-state index contributed by atoms with van der Waals surface area (Å²) in [5, 5.41) is 1.35. The lowest BCUT2D eigenvalue weighted by Crippen LogP contribution is -2.06. The molecular formula is C13H12Cl2N2S. The fraction of sp³-hybridized carbons (Fsp3) is 0.154. The summed E-state index contributed by atoms with van der Waals surface area (Å²) < 4.78 is 0. The summed E-state index contributed by atoms with van der Waals surface area (Å²) in [7, 11) is 0. The summed E-state index contributed by atoms with van der Waals surface area (Å²) in [5.74, 6) is 0. The van der Waals surface area contributed by atoms with Gasteiger partial charge < -0.3 is 5.73 Å². The molecule has 0 amide bonds. The fourth-order valence-corrected chi connectivity index (χ4v) is 2.72. The lowest BCUT2D eigenvalue weighted by Gasteiger charge is -2.07. The lowest BCUT2D eigenvalue weighted by molar-refractivity contribution is 0.777. The quantitative estimate of drug-likeness (QED) is 0.903. The number of hydrogen-bond acceptors (Lipinski definition) is 3. The first-order valence-electron chi connectivity index (χ1n) is 5.40. The van der Waals surface area contributed by atoms with Crippen molar-refractivity contribution in [1.82, 2.24) is 4.98 Å². The van der Waals surface area contributed by atoms with Gasteiger partial charge in [-0.2, -0.15) is 0 Å². The van der Waals surface area contributed by atoms with Crippen LogP contribution in [0.1, 0.15) is 18.7 Å². The van der Waals surface area contributed by atoms with Gasteiger partial charge in [0.25, 0.3) is 0 Å². The molecule has 2 rings (SSSR count). The molecule has 0 aliphatic heterocycles. The minimum Gasteiger partial charge on any atom is -0.323 e. The largest absolute Gasteiger partial charge is 0.323 e. The second kappa shape index (κ2) is 5.93. The number of aromatic nitrogens is 1. The Balaban J connectivity index is 2.21. The number of halogens is 2. The van der Waals surface area contributed by atoms with E-state index in [0.717, 1.165) is 15.5 Å². The third-order valence-electron chi connectivity index (χ3n) is 2.35. The third kappa shape index (κ3) is 3.39. The molecule has 1 heterocycles. The zero-order chi connectivity index (χ0) is 13.1. The topological polar surface area (TPSA) is 38.9 Å². The van der Waals surface area contributed by atoms with Crippen LogP contribution in [0.25, 0.3) is 0 Å². The molecule has 94 valence electrons. The molecule has 0 aliphatic rings. The Morgan fingerprint density at radius 2 is 2.00 bits per heavy atom. The fourth-order valence-electron chi connectivity index (χ4n) is 1.40. The van der Waals surface area contributed by atoms with E-state index in [9.17, 15) is 0 Å². The monoisotopic (exact) mass is 298 g/mol. The highest BCUT2D eigenvalue weighted by molar-refractivity contribution is 7.99. The van der Waals surface area contributed by atoms with Crippen molar-refractivity contribution in [2.45, 2.75) is 22.8 Å². The lowest BCUT2D eigenvalue weighted by atomic mass is 10.2. The summed E-state index contributed by atoms with van der Waals surface area (Å²) in [4.78, 5) is 6.22. The van der Waals surface area contributed by atoms with Crippen molar-refractivity contribution in [2.24, 2.45) is 5.73 Å². The molecule has 1 aromatic heterocycles. The summed E-state index contributed by atoms with van der Waals surface area (Å²) in [5.41, 5.74) is 6.62. The number of rotatable bonds is 3. The summed E-state index contributed by atoms with van der Waals surface area (Å²) in [6.07, 6.45) is 1.79. The Morgan fingerprint density at radius 3 is 2.61 bits per heavy atom. The molecule has 2 nitrogen and oxygen atoms in total. The zero-order valence-corrected chi connectivity index (χ0v) is 12.1. The van der Waals surface area contributed by atoms with Crippen molar-refractivity contribution in [3.8, 4) is 0 Å². The van der Waals surface area contributed by atoms with Gasteiger partial charge in [-0.1, -0.05) is 35.0 Å². The molecule has 5 heteroatoms. The van der Waals surface area contributed by atoms with Gasteiger partial charge in [0.1, 0.15) is 0 Å². The molecule has 2 aromatic rings. The van der Waals surface area contributed by atoms with Crippen molar-refractivity contribution in [1.29, 1.82) is 0 Å². The molecule has 0 fully saturated rings. The van der Waals surface area contributed by atoms with Gasteiger partial charge >= 0.3 is 0 Å². The predicted octanol–water partition coefficient (Wildman–Crippen LogP) is 4.56. The maximum absolute atomic E-state index is 6.11. The van der Waals surface area contributed by atoms with Crippen LogP contribution in [-0.2, 0) is 0 Å². The Labute approximate surface area is 121 Å². The minimum absolute atomic E-state index is 0.0567. The van der Waals surface area contributed by atoms with Crippen LogP contribution < -0.4 is 5.73 Å². The second-order valence-corrected chi connectivity index (χ2v) is 5.84. The maximum Gasteiger partial charge on any atom is 0.0569 e. The number of hydrogen-bond donors (Lipinski definition) is 1. The van der Waals surface area contributed by atoms with Gasteiger partial charge in [0.05, 0.1) is 10.7 Å². The van der Waals surface area contributed by atoms with Gasteiger partial charge in [0, 0.05) is 27.1 Å². The number of nitrogens with zero attached hydrogens (tertiary/aromatic N) is 1. The molecule has 0 unspecified atom stereocenters. The Morgan fingerprint density at radius 1 is 1.22 bits per heavy atom. The van der Waals surface area contributed by atoms with E-state index in [1.165, 1.54) is 11.8 Å². The van der Waals surface area contributed by atoms with E-state index in [0.29, 0.717) is 10.0 Å². The Bertz CT molecular complexity index is 541. The van der Waals surface area contributed by atoms with E-state index in [2.05, 4.69) is 4.98 Å². The predicted molar refractivity (Wildman–Crippen MR) is 77.4 cm³/mol. The van der Waals surface area contributed by atoms with Crippen molar-refractivity contribution >= 4 is 35.0 Å². The number of pyridine rings is 1. The van der Waals surface area contributed by atoms with Gasteiger partial charge in [-0.3, -0.25) is 4.98 Å². The Hall–Kier alpha value is -0.740. The molecule has 0 spiro atoms. The molecule has 18 heavy (non-hydrogen) atoms. The summed E-state index contributed by atoms with van der Waals surface area (Å²) >= 11 is 13.6. The van der Waals surface area contributed by atoms with Crippen LogP contribution in [0.3, 0.4) is 0 Å². The van der Waals surface area contributed by atoms with Crippen LogP contribution in [0, 0.1) is 0 Å².